The van der Waals surface area contributed by atoms with Crippen LogP contribution in [0.2, 0.25) is 0 Å². The summed E-state index contributed by atoms with van der Waals surface area (Å²) in [6, 6.07) is 4.99. The summed E-state index contributed by atoms with van der Waals surface area (Å²) in [4.78, 5) is 54.0. The molecule has 33 heavy (non-hydrogen) atoms. The fraction of sp³-hybridized carbons (Fsp3) is 0.360. The molecule has 0 bridgehead atoms. The Morgan fingerprint density at radius 1 is 1.09 bits per heavy atom. The predicted octanol–water partition coefficient (Wildman–Crippen LogP) is 4.33. The molecule has 4 atom stereocenters. The Bertz CT molecular complexity index is 1230. The Hall–Kier alpha value is -2.32. The SMILES string of the molecule is CCCN1C(=O)C2CC=C3C(c4cc(Br)ccc4O)C4=C(CC3C2C1=O)C(=O)C(Br)=CC4=O. The van der Waals surface area contributed by atoms with Crippen LogP contribution in [0.5, 0.6) is 5.75 Å². The number of carbonyl (C=O) groups excluding carboxylic acids is 4. The number of Topliss-reactive ketones (excluding diaryl/α,β-unsaturated/α-hetero) is 1. The monoisotopic (exact) mass is 573 g/mol. The highest BCUT2D eigenvalue weighted by atomic mass is 79.9. The van der Waals surface area contributed by atoms with Crippen molar-refractivity contribution in [2.45, 2.75) is 32.1 Å². The topological polar surface area (TPSA) is 91.8 Å². The van der Waals surface area contributed by atoms with Gasteiger partial charge in [0.05, 0.1) is 16.3 Å². The molecule has 1 aliphatic heterocycles. The summed E-state index contributed by atoms with van der Waals surface area (Å²) < 4.78 is 0.908. The second kappa shape index (κ2) is 8.17. The second-order valence-electron chi connectivity index (χ2n) is 8.92. The van der Waals surface area contributed by atoms with E-state index in [4.69, 9.17) is 0 Å². The summed E-state index contributed by atoms with van der Waals surface area (Å²) in [5.74, 6) is -2.99. The minimum absolute atomic E-state index is 0.00836. The second-order valence-corrected chi connectivity index (χ2v) is 10.7. The summed E-state index contributed by atoms with van der Waals surface area (Å²) in [6.45, 7) is 2.30. The van der Waals surface area contributed by atoms with Crippen molar-refractivity contribution in [3.63, 3.8) is 0 Å². The lowest BCUT2D eigenvalue weighted by atomic mass is 9.59. The molecule has 1 aromatic rings. The van der Waals surface area contributed by atoms with Crippen molar-refractivity contribution in [3.05, 3.63) is 61.6 Å². The summed E-state index contributed by atoms with van der Waals surface area (Å²) in [5.41, 5.74) is 2.03. The van der Waals surface area contributed by atoms with E-state index in [1.54, 1.807) is 18.2 Å². The van der Waals surface area contributed by atoms with E-state index in [1.807, 2.05) is 13.0 Å². The summed E-state index contributed by atoms with van der Waals surface area (Å²) in [6.07, 6.45) is 4.53. The number of aromatic hydroxyl groups is 1. The molecule has 170 valence electrons. The molecule has 1 saturated heterocycles. The molecule has 0 spiro atoms. The molecule has 1 N–H and O–H groups in total. The number of amides is 2. The average Bonchev–Trinajstić information content (AvgIpc) is 3.03. The third-order valence-electron chi connectivity index (χ3n) is 7.17. The van der Waals surface area contributed by atoms with Crippen molar-refractivity contribution in [2.24, 2.45) is 17.8 Å². The zero-order valence-electron chi connectivity index (χ0n) is 17.8. The molecule has 3 aliphatic carbocycles. The van der Waals surface area contributed by atoms with Gasteiger partial charge in [-0.2, -0.15) is 0 Å². The van der Waals surface area contributed by atoms with Crippen LogP contribution in [0.4, 0.5) is 0 Å². The predicted molar refractivity (Wildman–Crippen MR) is 127 cm³/mol. The summed E-state index contributed by atoms with van der Waals surface area (Å²) in [5, 5.41) is 10.7. The van der Waals surface area contributed by atoms with Gasteiger partial charge in [-0.05, 0) is 59.3 Å². The smallest absolute Gasteiger partial charge is 0.233 e. The molecule has 6 nitrogen and oxygen atoms in total. The van der Waals surface area contributed by atoms with Crippen LogP contribution >= 0.6 is 31.9 Å². The van der Waals surface area contributed by atoms with Crippen molar-refractivity contribution in [2.75, 3.05) is 6.54 Å². The van der Waals surface area contributed by atoms with Gasteiger partial charge in [0.25, 0.3) is 0 Å². The molecule has 0 aromatic heterocycles. The number of imide groups is 1. The highest BCUT2D eigenvalue weighted by molar-refractivity contribution is 9.12. The van der Waals surface area contributed by atoms with Gasteiger partial charge >= 0.3 is 0 Å². The number of hydrogen-bond acceptors (Lipinski definition) is 5. The van der Waals surface area contributed by atoms with Crippen molar-refractivity contribution in [1.29, 1.82) is 0 Å². The number of carbonyl (C=O) groups is 4. The van der Waals surface area contributed by atoms with Gasteiger partial charge in [-0.25, -0.2) is 0 Å². The Morgan fingerprint density at radius 2 is 1.85 bits per heavy atom. The van der Waals surface area contributed by atoms with Crippen LogP contribution in [0.1, 0.15) is 37.7 Å². The first-order chi connectivity index (χ1) is 15.7. The first kappa shape index (κ1) is 22.5. The number of fused-ring (bicyclic) bond motifs is 3. The van der Waals surface area contributed by atoms with E-state index in [1.165, 1.54) is 11.0 Å². The largest absolute Gasteiger partial charge is 0.508 e. The molecule has 4 unspecified atom stereocenters. The summed E-state index contributed by atoms with van der Waals surface area (Å²) >= 11 is 6.65. The molecule has 0 radical (unpaired) electrons. The van der Waals surface area contributed by atoms with Crippen LogP contribution in [0.3, 0.4) is 0 Å². The maximum atomic E-state index is 13.4. The maximum Gasteiger partial charge on any atom is 0.233 e. The molecule has 2 amide bonds. The van der Waals surface area contributed by atoms with E-state index < -0.39 is 17.8 Å². The van der Waals surface area contributed by atoms with Crippen molar-refractivity contribution in [1.82, 2.24) is 4.90 Å². The molecule has 0 saturated carbocycles. The van der Waals surface area contributed by atoms with E-state index in [2.05, 4.69) is 31.9 Å². The van der Waals surface area contributed by atoms with Crippen LogP contribution in [0.25, 0.3) is 0 Å². The van der Waals surface area contributed by atoms with Gasteiger partial charge in [0, 0.05) is 39.7 Å². The van der Waals surface area contributed by atoms with Gasteiger partial charge in [-0.1, -0.05) is 34.5 Å². The van der Waals surface area contributed by atoms with Gasteiger partial charge in [-0.3, -0.25) is 24.1 Å². The number of hydrogen-bond donors (Lipinski definition) is 1. The van der Waals surface area contributed by atoms with Crippen LogP contribution in [-0.4, -0.2) is 39.9 Å². The first-order valence-electron chi connectivity index (χ1n) is 11.0. The fourth-order valence-corrected chi connectivity index (χ4v) is 6.65. The van der Waals surface area contributed by atoms with Gasteiger partial charge in [-0.15, -0.1) is 0 Å². The number of benzene rings is 1. The van der Waals surface area contributed by atoms with Crippen molar-refractivity contribution >= 4 is 55.2 Å². The zero-order chi connectivity index (χ0) is 23.6. The third kappa shape index (κ3) is 3.33. The Kier molecular flexibility index (Phi) is 5.56. The molecule has 4 aliphatic rings. The maximum absolute atomic E-state index is 13.4. The van der Waals surface area contributed by atoms with E-state index in [0.29, 0.717) is 36.1 Å². The molecule has 5 rings (SSSR count). The van der Waals surface area contributed by atoms with Crippen LogP contribution in [0, 0.1) is 17.8 Å². The average molecular weight is 575 g/mol. The lowest BCUT2D eigenvalue weighted by Gasteiger charge is -2.42. The molecule has 8 heteroatoms. The van der Waals surface area contributed by atoms with Gasteiger partial charge < -0.3 is 5.11 Å². The van der Waals surface area contributed by atoms with Gasteiger partial charge in [0.1, 0.15) is 5.75 Å². The number of likely N-dealkylation sites (tertiary alicyclic amines) is 1. The Labute approximate surface area is 207 Å². The number of nitrogens with zero attached hydrogens (tertiary/aromatic N) is 1. The lowest BCUT2D eigenvalue weighted by molar-refractivity contribution is -0.140. The highest BCUT2D eigenvalue weighted by Crippen LogP contribution is 2.56. The molecule has 1 fully saturated rings. The molecular weight excluding hydrogens is 554 g/mol. The number of ketones is 2. The fourth-order valence-electron chi connectivity index (χ4n) is 5.83. The molecule has 1 heterocycles. The highest BCUT2D eigenvalue weighted by Gasteiger charge is 2.56. The number of phenols is 1. The number of rotatable bonds is 3. The quantitative estimate of drug-likeness (QED) is 0.330. The minimum Gasteiger partial charge on any atom is -0.508 e. The molecular formula is C25H21Br2NO5. The molecule has 1 aromatic carbocycles. The van der Waals surface area contributed by atoms with Crippen molar-refractivity contribution < 1.29 is 24.3 Å². The minimum atomic E-state index is -0.659. The number of halogens is 2. The lowest BCUT2D eigenvalue weighted by Crippen LogP contribution is -2.39. The Morgan fingerprint density at radius 3 is 2.58 bits per heavy atom. The van der Waals surface area contributed by atoms with Crippen LogP contribution < -0.4 is 0 Å². The number of phenolic OH excluding ortho intramolecular Hbond substituents is 1. The van der Waals surface area contributed by atoms with Crippen molar-refractivity contribution in [3.8, 4) is 5.75 Å². The van der Waals surface area contributed by atoms with E-state index >= 15 is 0 Å². The third-order valence-corrected chi connectivity index (χ3v) is 8.25. The van der Waals surface area contributed by atoms with Gasteiger partial charge in [0.2, 0.25) is 11.8 Å². The summed E-state index contributed by atoms with van der Waals surface area (Å²) in [7, 11) is 0. The number of allylic oxidation sites excluding steroid dienone is 6. The van der Waals surface area contributed by atoms with E-state index in [0.717, 1.165) is 10.0 Å². The zero-order valence-corrected chi connectivity index (χ0v) is 21.0. The van der Waals surface area contributed by atoms with E-state index in [-0.39, 0.29) is 46.0 Å². The standard InChI is InChI=1S/C25H21Br2NO5/c1-2-7-28-24(32)13-5-4-12-14(21(13)25(28)33)9-16-22(19(30)10-17(27)23(16)31)20(12)15-8-11(26)3-6-18(15)29/h3-4,6,8,10,13-14,20-21,29H,2,5,7,9H2,1H3. The van der Waals surface area contributed by atoms with Crippen LogP contribution in [0.15, 0.2) is 56.0 Å². The van der Waals surface area contributed by atoms with E-state index in [9.17, 15) is 24.3 Å². The van der Waals surface area contributed by atoms with Crippen LogP contribution in [-0.2, 0) is 19.2 Å². The van der Waals surface area contributed by atoms with Gasteiger partial charge in [0.15, 0.2) is 11.6 Å². The first-order valence-corrected chi connectivity index (χ1v) is 12.6. The normalized spacial score (nSPS) is 29.0. The Balaban J connectivity index is 1.70.